The molecule has 0 aromatic rings. The molecule has 0 unspecified atom stereocenters. The average Bonchev–Trinajstić information content (AvgIpc) is 2.75. The molecule has 0 aromatic carbocycles. The van der Waals surface area contributed by atoms with E-state index in [1.54, 1.807) is 0 Å². The first-order valence-corrected chi connectivity index (χ1v) is 8.10. The van der Waals surface area contributed by atoms with Gasteiger partial charge in [-0.05, 0) is 18.8 Å². The second kappa shape index (κ2) is 8.47. The second-order valence-electron chi connectivity index (χ2n) is 6.12. The number of nitrogens with zero attached hydrogens (tertiary/aromatic N) is 3. The van der Waals surface area contributed by atoms with Gasteiger partial charge >= 0.3 is 0 Å². The normalized spacial score (nSPS) is 24.4. The van der Waals surface area contributed by atoms with Gasteiger partial charge in [-0.2, -0.15) is 0 Å². The van der Waals surface area contributed by atoms with Crippen LogP contribution in [0.4, 0.5) is 0 Å². The first kappa shape index (κ1) is 15.6. The van der Waals surface area contributed by atoms with Crippen LogP contribution in [0.25, 0.3) is 0 Å². The molecule has 5 nitrogen and oxygen atoms in total. The minimum absolute atomic E-state index is 0.554. The Morgan fingerprint density at radius 3 is 2.40 bits per heavy atom. The summed E-state index contributed by atoms with van der Waals surface area (Å²) in [4.78, 5) is 9.34. The minimum Gasteiger partial charge on any atom is -0.379 e. The van der Waals surface area contributed by atoms with Crippen LogP contribution in [0.1, 0.15) is 32.6 Å². The average molecular weight is 282 g/mol. The van der Waals surface area contributed by atoms with Crippen LogP contribution in [0.5, 0.6) is 0 Å². The first-order chi connectivity index (χ1) is 9.75. The number of hydrogen-bond donors (Lipinski definition) is 1. The lowest BCUT2D eigenvalue weighted by molar-refractivity contribution is 0.0323. The van der Waals surface area contributed by atoms with Gasteiger partial charge in [0.2, 0.25) is 0 Å². The number of aliphatic imine (C=N–C) groups is 1. The molecule has 5 heteroatoms. The fourth-order valence-corrected chi connectivity index (χ4v) is 2.93. The zero-order valence-corrected chi connectivity index (χ0v) is 12.9. The molecule has 2 N–H and O–H groups in total. The number of guanidine groups is 1. The van der Waals surface area contributed by atoms with Crippen LogP contribution in [0, 0.1) is 5.92 Å². The van der Waals surface area contributed by atoms with Crippen LogP contribution in [0.3, 0.4) is 0 Å². The third kappa shape index (κ3) is 5.29. The molecule has 2 rings (SSSR count). The van der Waals surface area contributed by atoms with Gasteiger partial charge in [-0.1, -0.05) is 19.8 Å². The van der Waals surface area contributed by atoms with E-state index in [1.807, 2.05) is 0 Å². The fraction of sp³-hybridized carbons (Fsp3) is 0.933. The summed E-state index contributed by atoms with van der Waals surface area (Å²) in [7, 11) is 0. The van der Waals surface area contributed by atoms with Crippen molar-refractivity contribution in [2.24, 2.45) is 16.6 Å². The third-order valence-electron chi connectivity index (χ3n) is 4.17. The van der Waals surface area contributed by atoms with E-state index in [2.05, 4.69) is 21.7 Å². The van der Waals surface area contributed by atoms with E-state index in [0.717, 1.165) is 58.4 Å². The SMILES string of the molecule is C[C@H](CN=C(N)N1CCCCCC1)CN1CCOCC1. The monoisotopic (exact) mass is 282 g/mol. The van der Waals surface area contributed by atoms with Crippen molar-refractivity contribution in [2.45, 2.75) is 32.6 Å². The van der Waals surface area contributed by atoms with E-state index in [-0.39, 0.29) is 0 Å². The van der Waals surface area contributed by atoms with Crippen LogP contribution >= 0.6 is 0 Å². The maximum Gasteiger partial charge on any atom is 0.191 e. The van der Waals surface area contributed by atoms with Crippen molar-refractivity contribution in [2.75, 3.05) is 52.5 Å². The Labute approximate surface area is 123 Å². The van der Waals surface area contributed by atoms with Crippen LogP contribution in [-0.2, 0) is 4.74 Å². The molecule has 0 spiro atoms. The third-order valence-corrected chi connectivity index (χ3v) is 4.17. The maximum atomic E-state index is 6.14. The van der Waals surface area contributed by atoms with Crippen molar-refractivity contribution in [3.05, 3.63) is 0 Å². The number of nitrogens with two attached hydrogens (primary N) is 1. The number of hydrogen-bond acceptors (Lipinski definition) is 3. The van der Waals surface area contributed by atoms with Gasteiger partial charge in [-0.3, -0.25) is 9.89 Å². The van der Waals surface area contributed by atoms with E-state index in [9.17, 15) is 0 Å². The lowest BCUT2D eigenvalue weighted by Crippen LogP contribution is -2.40. The van der Waals surface area contributed by atoms with Crippen molar-refractivity contribution in [3.8, 4) is 0 Å². The molecule has 2 fully saturated rings. The summed E-state index contributed by atoms with van der Waals surface area (Å²) in [5.41, 5.74) is 6.14. The standard InChI is InChI=1S/C15H30N4O/c1-14(13-18-8-10-20-11-9-18)12-17-15(16)19-6-4-2-3-5-7-19/h14H,2-13H2,1H3,(H2,16,17)/t14-/m1/s1. The fourth-order valence-electron chi connectivity index (χ4n) is 2.93. The summed E-state index contributed by atoms with van der Waals surface area (Å²) in [5, 5.41) is 0. The molecule has 0 radical (unpaired) electrons. The smallest absolute Gasteiger partial charge is 0.191 e. The van der Waals surface area contributed by atoms with Gasteiger partial charge < -0.3 is 15.4 Å². The van der Waals surface area contributed by atoms with Gasteiger partial charge in [0.1, 0.15) is 0 Å². The first-order valence-electron chi connectivity index (χ1n) is 8.10. The molecular weight excluding hydrogens is 252 g/mol. The zero-order valence-electron chi connectivity index (χ0n) is 12.9. The van der Waals surface area contributed by atoms with Crippen molar-refractivity contribution in [3.63, 3.8) is 0 Å². The summed E-state index contributed by atoms with van der Waals surface area (Å²) < 4.78 is 5.37. The summed E-state index contributed by atoms with van der Waals surface area (Å²) in [5.74, 6) is 1.30. The summed E-state index contributed by atoms with van der Waals surface area (Å²) >= 11 is 0. The minimum atomic E-state index is 0.554. The van der Waals surface area contributed by atoms with E-state index in [4.69, 9.17) is 10.5 Å². The Kier molecular flexibility index (Phi) is 6.60. The molecule has 20 heavy (non-hydrogen) atoms. The maximum absolute atomic E-state index is 6.14. The lowest BCUT2D eigenvalue weighted by Gasteiger charge is -2.29. The molecule has 2 saturated heterocycles. The van der Waals surface area contributed by atoms with Gasteiger partial charge in [-0.15, -0.1) is 0 Å². The molecule has 0 bridgehead atoms. The van der Waals surface area contributed by atoms with Crippen molar-refractivity contribution in [1.82, 2.24) is 9.80 Å². The van der Waals surface area contributed by atoms with Crippen LogP contribution in [-0.4, -0.2) is 68.2 Å². The number of ether oxygens (including phenoxy) is 1. The van der Waals surface area contributed by atoms with Gasteiger partial charge in [0.05, 0.1) is 13.2 Å². The molecule has 2 aliphatic rings. The molecule has 0 saturated carbocycles. The highest BCUT2D eigenvalue weighted by Crippen LogP contribution is 2.09. The topological polar surface area (TPSA) is 54.1 Å². The Bertz CT molecular complexity index is 294. The zero-order chi connectivity index (χ0) is 14.2. The second-order valence-corrected chi connectivity index (χ2v) is 6.12. The molecular formula is C15H30N4O. The highest BCUT2D eigenvalue weighted by molar-refractivity contribution is 5.78. The predicted octanol–water partition coefficient (Wildman–Crippen LogP) is 1.15. The predicted molar refractivity (Wildman–Crippen MR) is 83.0 cm³/mol. The van der Waals surface area contributed by atoms with E-state index < -0.39 is 0 Å². The Balaban J connectivity index is 1.72. The highest BCUT2D eigenvalue weighted by atomic mass is 16.5. The van der Waals surface area contributed by atoms with E-state index in [0.29, 0.717) is 5.92 Å². The van der Waals surface area contributed by atoms with Crippen molar-refractivity contribution >= 4 is 5.96 Å². The summed E-state index contributed by atoms with van der Waals surface area (Å²) in [6, 6.07) is 0. The van der Waals surface area contributed by atoms with Gasteiger partial charge in [0.25, 0.3) is 0 Å². The summed E-state index contributed by atoms with van der Waals surface area (Å²) in [6.45, 7) is 10.2. The van der Waals surface area contributed by atoms with Crippen molar-refractivity contribution < 1.29 is 4.74 Å². The van der Waals surface area contributed by atoms with Gasteiger partial charge in [-0.25, -0.2) is 0 Å². The Hall–Kier alpha value is -0.810. The lowest BCUT2D eigenvalue weighted by atomic mass is 10.1. The van der Waals surface area contributed by atoms with Gasteiger partial charge in [0.15, 0.2) is 5.96 Å². The number of morpholine rings is 1. The van der Waals surface area contributed by atoms with Crippen LogP contribution < -0.4 is 5.73 Å². The molecule has 2 aliphatic heterocycles. The molecule has 0 aromatic heterocycles. The molecule has 1 atom stereocenters. The quantitative estimate of drug-likeness (QED) is 0.621. The molecule has 2 heterocycles. The largest absolute Gasteiger partial charge is 0.379 e. The van der Waals surface area contributed by atoms with Gasteiger partial charge in [0, 0.05) is 39.3 Å². The molecule has 0 amide bonds. The Morgan fingerprint density at radius 1 is 1.10 bits per heavy atom. The number of rotatable bonds is 4. The van der Waals surface area contributed by atoms with Crippen molar-refractivity contribution in [1.29, 1.82) is 0 Å². The van der Waals surface area contributed by atoms with Crippen LogP contribution in [0.15, 0.2) is 4.99 Å². The molecule has 0 aliphatic carbocycles. The van der Waals surface area contributed by atoms with E-state index in [1.165, 1.54) is 25.7 Å². The Morgan fingerprint density at radius 2 is 1.75 bits per heavy atom. The highest BCUT2D eigenvalue weighted by Gasteiger charge is 2.14. The molecule has 116 valence electrons. The number of likely N-dealkylation sites (tertiary alicyclic amines) is 1. The van der Waals surface area contributed by atoms with E-state index >= 15 is 0 Å². The van der Waals surface area contributed by atoms with Crippen LogP contribution in [0.2, 0.25) is 0 Å². The summed E-state index contributed by atoms with van der Waals surface area (Å²) in [6.07, 6.45) is 5.16.